The van der Waals surface area contributed by atoms with Crippen molar-refractivity contribution in [2.75, 3.05) is 19.4 Å². The summed E-state index contributed by atoms with van der Waals surface area (Å²) in [5.41, 5.74) is 0. The maximum atomic E-state index is 5.87. The molecule has 0 bridgehead atoms. The maximum Gasteiger partial charge on any atom is 0.157 e. The van der Waals surface area contributed by atoms with Crippen LogP contribution in [0.1, 0.15) is 64.2 Å². The van der Waals surface area contributed by atoms with Crippen LogP contribution in [0.5, 0.6) is 0 Å². The molecule has 2 nitrogen and oxygen atoms in total. The van der Waals surface area contributed by atoms with Crippen molar-refractivity contribution in [1.82, 2.24) is 0 Å². The van der Waals surface area contributed by atoms with Gasteiger partial charge in [0.15, 0.2) is 6.29 Å². The molecule has 1 aliphatic rings. The molecule has 3 aromatic rings. The molecule has 1 aliphatic heterocycles. The molecule has 0 aliphatic carbocycles. The van der Waals surface area contributed by atoms with Crippen LogP contribution in [0.2, 0.25) is 0 Å². The van der Waals surface area contributed by atoms with Crippen molar-refractivity contribution in [3.05, 3.63) is 91.0 Å². The van der Waals surface area contributed by atoms with Crippen molar-refractivity contribution in [3.8, 4) is 0 Å². The van der Waals surface area contributed by atoms with Crippen molar-refractivity contribution in [1.29, 1.82) is 0 Å². The quantitative estimate of drug-likeness (QED) is 0.175. The van der Waals surface area contributed by atoms with Crippen molar-refractivity contribution < 1.29 is 9.47 Å². The summed E-state index contributed by atoms with van der Waals surface area (Å²) in [6.07, 6.45) is 13.8. The Labute approximate surface area is 213 Å². The lowest BCUT2D eigenvalue weighted by molar-refractivity contribution is -0.162. The third kappa shape index (κ3) is 7.50. The Hall–Kier alpha value is -1.99. The molecule has 3 aromatic carbocycles. The van der Waals surface area contributed by atoms with E-state index in [1.165, 1.54) is 73.4 Å². The molecule has 1 saturated heterocycles. The summed E-state index contributed by atoms with van der Waals surface area (Å²) in [7, 11) is -1.67. The lowest BCUT2D eigenvalue weighted by Gasteiger charge is -2.27. The zero-order valence-electron chi connectivity index (χ0n) is 21.2. The first-order valence-electron chi connectivity index (χ1n) is 13.7. The van der Waals surface area contributed by atoms with Crippen LogP contribution in [0.4, 0.5) is 0 Å². The molecule has 1 heterocycles. The topological polar surface area (TPSA) is 18.5 Å². The number of rotatable bonds is 14. The first-order valence-corrected chi connectivity index (χ1v) is 15.7. The number of benzene rings is 3. The highest BCUT2D eigenvalue weighted by Gasteiger charge is 2.44. The molecule has 0 amide bonds. The van der Waals surface area contributed by atoms with Crippen molar-refractivity contribution >= 4 is 23.2 Å². The van der Waals surface area contributed by atoms with Crippen molar-refractivity contribution in [2.24, 2.45) is 0 Å². The second kappa shape index (κ2) is 14.5. The minimum Gasteiger partial charge on any atom is -0.353 e. The minimum atomic E-state index is -1.67. The second-order valence-electron chi connectivity index (χ2n) is 9.68. The fourth-order valence-corrected chi connectivity index (χ4v) is 9.68. The van der Waals surface area contributed by atoms with Gasteiger partial charge in [0, 0.05) is 13.2 Å². The highest BCUT2D eigenvalue weighted by Crippen LogP contribution is 2.56. The van der Waals surface area contributed by atoms with Crippen molar-refractivity contribution in [3.63, 3.8) is 0 Å². The van der Waals surface area contributed by atoms with Crippen LogP contribution < -0.4 is 15.9 Å². The largest absolute Gasteiger partial charge is 0.353 e. The number of unbranched alkanes of at least 4 members (excludes halogenated alkanes) is 6. The van der Waals surface area contributed by atoms with E-state index in [0.717, 1.165) is 26.1 Å². The average molecular weight is 490 g/mol. The van der Waals surface area contributed by atoms with Crippen LogP contribution in [-0.4, -0.2) is 25.7 Å². The molecule has 0 aromatic heterocycles. The van der Waals surface area contributed by atoms with Gasteiger partial charge in [-0.1, -0.05) is 80.3 Å². The van der Waals surface area contributed by atoms with E-state index in [1.54, 1.807) is 0 Å². The molecular weight excluding hydrogens is 447 g/mol. The normalized spacial score (nSPS) is 16.3. The van der Waals surface area contributed by atoms with E-state index in [1.807, 2.05) is 0 Å². The average Bonchev–Trinajstić information content (AvgIpc) is 2.94. The molecule has 4 rings (SSSR count). The third-order valence-corrected chi connectivity index (χ3v) is 11.7. The lowest BCUT2D eigenvalue weighted by Crippen LogP contribution is -2.33. The number of hydrogen-bond donors (Lipinski definition) is 0. The van der Waals surface area contributed by atoms with Gasteiger partial charge in [0.25, 0.3) is 0 Å². The highest BCUT2D eigenvalue weighted by atomic mass is 31.2. The molecule has 186 valence electrons. The molecule has 0 saturated carbocycles. The maximum absolute atomic E-state index is 5.87. The molecule has 0 N–H and O–H groups in total. The summed E-state index contributed by atoms with van der Waals surface area (Å²) < 4.78 is 11.5. The predicted molar refractivity (Wildman–Crippen MR) is 152 cm³/mol. The third-order valence-electron chi connectivity index (χ3n) is 7.17. The molecule has 35 heavy (non-hydrogen) atoms. The van der Waals surface area contributed by atoms with Gasteiger partial charge in [0.1, 0.15) is 23.2 Å². The van der Waals surface area contributed by atoms with E-state index < -0.39 is 7.26 Å². The first kappa shape index (κ1) is 26.1. The Bertz CT molecular complexity index is 842. The van der Waals surface area contributed by atoms with Crippen LogP contribution in [-0.2, 0) is 9.47 Å². The standard InChI is InChI=1S/C32H42O2P/c1(2-4-16-26-33-32-25-15-17-27-34-32)3-5-18-28-35(29-19-9-6-10-20-29,30-21-11-7-12-22-30)31-23-13-8-14-24-31/h6-14,19-24,32H,1-5,15-18,25-28H2/q+1. The Morgan fingerprint density at radius 3 is 1.57 bits per heavy atom. The van der Waals surface area contributed by atoms with Gasteiger partial charge >= 0.3 is 0 Å². The smallest absolute Gasteiger partial charge is 0.157 e. The van der Waals surface area contributed by atoms with E-state index in [-0.39, 0.29) is 6.29 Å². The Morgan fingerprint density at radius 2 is 1.09 bits per heavy atom. The predicted octanol–water partition coefficient (Wildman–Crippen LogP) is 7.25. The molecule has 3 heteroatoms. The van der Waals surface area contributed by atoms with Crippen LogP contribution in [0, 0.1) is 0 Å². The highest BCUT2D eigenvalue weighted by molar-refractivity contribution is 7.95. The molecule has 0 radical (unpaired) electrons. The van der Waals surface area contributed by atoms with E-state index >= 15 is 0 Å². The van der Waals surface area contributed by atoms with E-state index in [2.05, 4.69) is 91.0 Å². The minimum absolute atomic E-state index is 0.0613. The van der Waals surface area contributed by atoms with Crippen LogP contribution in [0.25, 0.3) is 0 Å². The van der Waals surface area contributed by atoms with E-state index in [9.17, 15) is 0 Å². The molecule has 1 unspecified atom stereocenters. The summed E-state index contributed by atoms with van der Waals surface area (Å²) in [5.74, 6) is 0. The Kier molecular flexibility index (Phi) is 10.8. The van der Waals surface area contributed by atoms with Crippen LogP contribution in [0.15, 0.2) is 91.0 Å². The van der Waals surface area contributed by atoms with Gasteiger partial charge in [-0.05, 0) is 74.9 Å². The van der Waals surface area contributed by atoms with Crippen LogP contribution in [0.3, 0.4) is 0 Å². The lowest BCUT2D eigenvalue weighted by atomic mass is 10.1. The van der Waals surface area contributed by atoms with Gasteiger partial charge in [-0.3, -0.25) is 0 Å². The summed E-state index contributed by atoms with van der Waals surface area (Å²) in [6.45, 7) is 1.72. The molecule has 0 spiro atoms. The Balaban J connectivity index is 1.29. The fraction of sp³-hybridized carbons (Fsp3) is 0.438. The molecule has 1 fully saturated rings. The van der Waals surface area contributed by atoms with Crippen molar-refractivity contribution in [2.45, 2.75) is 70.5 Å². The first-order chi connectivity index (χ1) is 17.4. The molecule has 1 atom stereocenters. The van der Waals surface area contributed by atoms with Gasteiger partial charge < -0.3 is 9.47 Å². The SMILES string of the molecule is c1ccc([P+](CCCCCCCCCOC2CCCCO2)(c2ccccc2)c2ccccc2)cc1. The number of ether oxygens (including phenoxy) is 2. The summed E-state index contributed by atoms with van der Waals surface area (Å²) >= 11 is 0. The van der Waals surface area contributed by atoms with Gasteiger partial charge in [-0.15, -0.1) is 0 Å². The fourth-order valence-electron chi connectivity index (χ4n) is 5.27. The zero-order chi connectivity index (χ0) is 24.0. The van der Waals surface area contributed by atoms with E-state index in [0.29, 0.717) is 0 Å². The summed E-state index contributed by atoms with van der Waals surface area (Å²) in [6, 6.07) is 33.8. The van der Waals surface area contributed by atoms with E-state index in [4.69, 9.17) is 9.47 Å². The van der Waals surface area contributed by atoms with Gasteiger partial charge in [-0.2, -0.15) is 0 Å². The summed E-state index contributed by atoms with van der Waals surface area (Å²) in [4.78, 5) is 0. The molecular formula is C32H42O2P+. The second-order valence-corrected chi connectivity index (χ2v) is 13.3. The Morgan fingerprint density at radius 1 is 0.600 bits per heavy atom. The van der Waals surface area contributed by atoms with Gasteiger partial charge in [-0.25, -0.2) is 0 Å². The summed E-state index contributed by atoms with van der Waals surface area (Å²) in [5, 5.41) is 4.50. The zero-order valence-corrected chi connectivity index (χ0v) is 22.1. The van der Waals surface area contributed by atoms with Gasteiger partial charge in [0.05, 0.1) is 6.16 Å². The van der Waals surface area contributed by atoms with Gasteiger partial charge in [0.2, 0.25) is 0 Å². The monoisotopic (exact) mass is 489 g/mol. The number of hydrogen-bond acceptors (Lipinski definition) is 2. The van der Waals surface area contributed by atoms with Crippen LogP contribution >= 0.6 is 7.26 Å².